The monoisotopic (exact) mass is 306 g/mol. The van der Waals surface area contributed by atoms with Crippen molar-refractivity contribution in [2.45, 2.75) is 47.0 Å². The highest BCUT2D eigenvalue weighted by Crippen LogP contribution is 2.09. The number of rotatable bonds is 10. The Kier molecular flexibility index (Phi) is 8.69. The van der Waals surface area contributed by atoms with Gasteiger partial charge in [0.05, 0.1) is 12.7 Å². The molecular weight excluding hydrogens is 272 g/mol. The second-order valence-corrected chi connectivity index (χ2v) is 7.07. The van der Waals surface area contributed by atoms with Crippen LogP contribution in [0.25, 0.3) is 0 Å². The molecule has 22 heavy (non-hydrogen) atoms. The fourth-order valence-electron chi connectivity index (χ4n) is 2.45. The van der Waals surface area contributed by atoms with Crippen LogP contribution in [-0.2, 0) is 17.9 Å². The second kappa shape index (κ2) is 9.98. The average molecular weight is 306 g/mol. The Labute approximate surface area is 137 Å². The summed E-state index contributed by atoms with van der Waals surface area (Å²) in [7, 11) is 4.40. The molecule has 1 aromatic rings. The number of benzene rings is 1. The molecule has 0 saturated carbocycles. The van der Waals surface area contributed by atoms with Crippen molar-refractivity contribution in [1.82, 2.24) is 9.80 Å². The van der Waals surface area contributed by atoms with Crippen LogP contribution in [0.3, 0.4) is 0 Å². The number of hydrogen-bond donors (Lipinski definition) is 0. The van der Waals surface area contributed by atoms with Gasteiger partial charge < -0.3 is 14.5 Å². The quantitative estimate of drug-likeness (QED) is 0.656. The van der Waals surface area contributed by atoms with Crippen molar-refractivity contribution in [2.75, 3.05) is 33.7 Å². The van der Waals surface area contributed by atoms with Gasteiger partial charge in [0.25, 0.3) is 0 Å². The number of hydrogen-bond acceptors (Lipinski definition) is 3. The van der Waals surface area contributed by atoms with Gasteiger partial charge in [-0.25, -0.2) is 0 Å². The molecule has 0 aliphatic rings. The molecule has 0 bridgehead atoms. The molecule has 0 heterocycles. The van der Waals surface area contributed by atoms with Gasteiger partial charge in [0.15, 0.2) is 0 Å². The Morgan fingerprint density at radius 1 is 0.864 bits per heavy atom. The van der Waals surface area contributed by atoms with Crippen LogP contribution in [0, 0.1) is 5.92 Å². The van der Waals surface area contributed by atoms with E-state index in [2.05, 4.69) is 75.9 Å². The van der Waals surface area contributed by atoms with E-state index in [0.717, 1.165) is 25.6 Å². The SMILES string of the molecule is CC(C)CN(C)CCN(C)Cc1ccc(COC(C)C)cc1. The van der Waals surface area contributed by atoms with E-state index in [0.29, 0.717) is 6.61 Å². The molecule has 3 heteroatoms. The van der Waals surface area contributed by atoms with Gasteiger partial charge in [-0.2, -0.15) is 0 Å². The first-order valence-corrected chi connectivity index (χ1v) is 8.43. The molecule has 1 aromatic carbocycles. The Hall–Kier alpha value is -0.900. The lowest BCUT2D eigenvalue weighted by atomic mass is 10.1. The van der Waals surface area contributed by atoms with Crippen molar-refractivity contribution in [1.29, 1.82) is 0 Å². The maximum Gasteiger partial charge on any atom is 0.0720 e. The highest BCUT2D eigenvalue weighted by Gasteiger charge is 2.05. The first kappa shape index (κ1) is 19.1. The van der Waals surface area contributed by atoms with E-state index in [-0.39, 0.29) is 6.10 Å². The zero-order valence-corrected chi connectivity index (χ0v) is 15.3. The Morgan fingerprint density at radius 3 is 1.95 bits per heavy atom. The summed E-state index contributed by atoms with van der Waals surface area (Å²) >= 11 is 0. The zero-order valence-electron chi connectivity index (χ0n) is 15.3. The topological polar surface area (TPSA) is 15.7 Å². The second-order valence-electron chi connectivity index (χ2n) is 7.07. The summed E-state index contributed by atoms with van der Waals surface area (Å²) in [6.07, 6.45) is 0.286. The Morgan fingerprint density at radius 2 is 1.41 bits per heavy atom. The molecule has 0 fully saturated rings. The van der Waals surface area contributed by atoms with Gasteiger partial charge in [-0.15, -0.1) is 0 Å². The van der Waals surface area contributed by atoms with E-state index in [1.165, 1.54) is 17.7 Å². The van der Waals surface area contributed by atoms with E-state index < -0.39 is 0 Å². The normalized spacial score (nSPS) is 12.1. The van der Waals surface area contributed by atoms with Crippen molar-refractivity contribution >= 4 is 0 Å². The van der Waals surface area contributed by atoms with Gasteiger partial charge in [-0.1, -0.05) is 38.1 Å². The average Bonchev–Trinajstić information content (AvgIpc) is 2.43. The summed E-state index contributed by atoms with van der Waals surface area (Å²) in [6, 6.07) is 8.79. The van der Waals surface area contributed by atoms with Crippen LogP contribution in [0.2, 0.25) is 0 Å². The van der Waals surface area contributed by atoms with Crippen LogP contribution < -0.4 is 0 Å². The van der Waals surface area contributed by atoms with Crippen LogP contribution in [0.5, 0.6) is 0 Å². The maximum absolute atomic E-state index is 5.63. The number of nitrogens with zero attached hydrogens (tertiary/aromatic N) is 2. The van der Waals surface area contributed by atoms with Gasteiger partial charge >= 0.3 is 0 Å². The van der Waals surface area contributed by atoms with Crippen LogP contribution in [0.15, 0.2) is 24.3 Å². The van der Waals surface area contributed by atoms with Gasteiger partial charge in [0, 0.05) is 26.2 Å². The van der Waals surface area contributed by atoms with Crippen molar-refractivity contribution in [3.05, 3.63) is 35.4 Å². The third kappa shape index (κ3) is 8.52. The number of likely N-dealkylation sites (N-methyl/N-ethyl adjacent to an activating group) is 2. The van der Waals surface area contributed by atoms with Gasteiger partial charge in [-0.05, 0) is 45.0 Å². The Bertz CT molecular complexity index is 400. The lowest BCUT2D eigenvalue weighted by Crippen LogP contribution is -2.32. The largest absolute Gasteiger partial charge is 0.374 e. The molecular formula is C19H34N2O. The molecule has 0 N–H and O–H groups in total. The van der Waals surface area contributed by atoms with Crippen molar-refractivity contribution in [2.24, 2.45) is 5.92 Å². The molecule has 0 radical (unpaired) electrons. The highest BCUT2D eigenvalue weighted by atomic mass is 16.5. The van der Waals surface area contributed by atoms with E-state index in [1.807, 2.05) is 0 Å². The zero-order chi connectivity index (χ0) is 16.5. The fourth-order valence-corrected chi connectivity index (χ4v) is 2.45. The smallest absolute Gasteiger partial charge is 0.0720 e. The van der Waals surface area contributed by atoms with Gasteiger partial charge in [0.1, 0.15) is 0 Å². The van der Waals surface area contributed by atoms with Crippen molar-refractivity contribution < 1.29 is 4.74 Å². The van der Waals surface area contributed by atoms with Crippen molar-refractivity contribution in [3.63, 3.8) is 0 Å². The van der Waals surface area contributed by atoms with Crippen molar-refractivity contribution in [3.8, 4) is 0 Å². The lowest BCUT2D eigenvalue weighted by molar-refractivity contribution is 0.0657. The van der Waals surface area contributed by atoms with E-state index >= 15 is 0 Å². The van der Waals surface area contributed by atoms with Gasteiger partial charge in [-0.3, -0.25) is 0 Å². The lowest BCUT2D eigenvalue weighted by Gasteiger charge is -2.23. The predicted octanol–water partition coefficient (Wildman–Crippen LogP) is 3.63. The molecule has 0 aromatic heterocycles. The van der Waals surface area contributed by atoms with E-state index in [1.54, 1.807) is 0 Å². The standard InChI is InChI=1S/C19H34N2O/c1-16(2)13-20(5)11-12-21(6)14-18-7-9-19(10-8-18)15-22-17(3)4/h7-10,16-17H,11-15H2,1-6H3. The first-order chi connectivity index (χ1) is 10.4. The minimum absolute atomic E-state index is 0.286. The molecule has 126 valence electrons. The molecule has 0 saturated heterocycles. The molecule has 0 amide bonds. The summed E-state index contributed by atoms with van der Waals surface area (Å²) in [5, 5.41) is 0. The minimum Gasteiger partial charge on any atom is -0.374 e. The van der Waals surface area contributed by atoms with Gasteiger partial charge in [0.2, 0.25) is 0 Å². The summed E-state index contributed by atoms with van der Waals surface area (Å²) in [4.78, 5) is 4.80. The molecule has 1 rings (SSSR count). The molecule has 0 unspecified atom stereocenters. The number of ether oxygens (including phenoxy) is 1. The minimum atomic E-state index is 0.286. The summed E-state index contributed by atoms with van der Waals surface area (Å²) in [5.74, 6) is 0.732. The van der Waals surface area contributed by atoms with Crippen LogP contribution in [-0.4, -0.2) is 49.6 Å². The molecule has 0 aliphatic carbocycles. The molecule has 3 nitrogen and oxygen atoms in total. The molecule has 0 atom stereocenters. The van der Waals surface area contributed by atoms with Crippen LogP contribution in [0.1, 0.15) is 38.8 Å². The highest BCUT2D eigenvalue weighted by molar-refractivity contribution is 5.22. The molecule has 0 aliphatic heterocycles. The van der Waals surface area contributed by atoms with Crippen LogP contribution in [0.4, 0.5) is 0 Å². The maximum atomic E-state index is 5.63. The third-order valence-corrected chi connectivity index (χ3v) is 3.60. The van der Waals surface area contributed by atoms with Crippen LogP contribution >= 0.6 is 0 Å². The van der Waals surface area contributed by atoms with E-state index in [4.69, 9.17) is 4.74 Å². The fraction of sp³-hybridized carbons (Fsp3) is 0.684. The van der Waals surface area contributed by atoms with E-state index in [9.17, 15) is 0 Å². The first-order valence-electron chi connectivity index (χ1n) is 8.43. The predicted molar refractivity (Wildman–Crippen MR) is 95.0 cm³/mol. The summed E-state index contributed by atoms with van der Waals surface area (Å²) in [6.45, 7) is 13.8. The summed E-state index contributed by atoms with van der Waals surface area (Å²) < 4.78 is 5.63. The Balaban J connectivity index is 2.33. The third-order valence-electron chi connectivity index (χ3n) is 3.60. The summed E-state index contributed by atoms with van der Waals surface area (Å²) in [5.41, 5.74) is 2.61. The molecule has 0 spiro atoms.